The van der Waals surface area contributed by atoms with Gasteiger partial charge >= 0.3 is 0 Å². The molecule has 0 saturated carbocycles. The minimum absolute atomic E-state index is 0.255. The van der Waals surface area contributed by atoms with Crippen molar-refractivity contribution in [2.24, 2.45) is 0 Å². The lowest BCUT2D eigenvalue weighted by molar-refractivity contribution is 0.619. The van der Waals surface area contributed by atoms with Crippen LogP contribution in [-0.4, -0.2) is 9.55 Å². The standard InChI is InChI=1S/C34H35FN2/c1-6-22(3)28-19-27(25-13-9-8-10-14-25)20-29(23(4)7-2)33(28)37-32-16-12-11-15-31(32)36-34(37)26-18-17-24(5)30(35)21-26/h8-23H,6-7H2,1-5H3/i5D3. The second-order valence-electron chi connectivity index (χ2n) is 9.94. The summed E-state index contributed by atoms with van der Waals surface area (Å²) in [4.78, 5) is 4.98. The fraction of sp³-hybridized carbons (Fsp3) is 0.265. The van der Waals surface area contributed by atoms with Gasteiger partial charge in [0.05, 0.1) is 16.7 Å². The van der Waals surface area contributed by atoms with Gasteiger partial charge in [-0.2, -0.15) is 0 Å². The van der Waals surface area contributed by atoms with E-state index in [0.29, 0.717) is 11.4 Å². The van der Waals surface area contributed by atoms with Crippen LogP contribution in [-0.2, 0) is 0 Å². The fourth-order valence-corrected chi connectivity index (χ4v) is 5.03. The molecule has 5 rings (SSSR count). The Hall–Kier alpha value is -3.72. The lowest BCUT2D eigenvalue weighted by Gasteiger charge is -2.26. The summed E-state index contributed by atoms with van der Waals surface area (Å²) in [5, 5.41) is 0. The molecular formula is C34H35FN2. The fourth-order valence-electron chi connectivity index (χ4n) is 5.03. The molecule has 0 bridgehead atoms. The van der Waals surface area contributed by atoms with Gasteiger partial charge in [-0.1, -0.05) is 82.3 Å². The van der Waals surface area contributed by atoms with E-state index in [0.717, 1.165) is 29.6 Å². The van der Waals surface area contributed by atoms with E-state index in [4.69, 9.17) is 9.10 Å². The molecule has 2 unspecified atom stereocenters. The summed E-state index contributed by atoms with van der Waals surface area (Å²) in [5.74, 6) is 0.355. The van der Waals surface area contributed by atoms with Crippen LogP contribution in [0.25, 0.3) is 39.2 Å². The molecule has 0 radical (unpaired) electrons. The van der Waals surface area contributed by atoms with Gasteiger partial charge in [0.25, 0.3) is 0 Å². The summed E-state index contributed by atoms with van der Waals surface area (Å²) in [6, 6.07) is 27.3. The zero-order valence-corrected chi connectivity index (χ0v) is 21.9. The Labute approximate surface area is 224 Å². The van der Waals surface area contributed by atoms with Crippen molar-refractivity contribution >= 4 is 11.0 Å². The van der Waals surface area contributed by atoms with E-state index < -0.39 is 12.7 Å². The number of para-hydroxylation sites is 2. The van der Waals surface area contributed by atoms with Gasteiger partial charge in [0.2, 0.25) is 0 Å². The SMILES string of the molecule is [2H]C([2H])([2H])c1ccc(-c2nc3ccccc3n2-c2c(C(C)CC)cc(-c3ccccc3)cc2C(C)CC)cc1F. The van der Waals surface area contributed by atoms with Crippen molar-refractivity contribution in [1.82, 2.24) is 9.55 Å². The molecule has 1 aromatic heterocycles. The van der Waals surface area contributed by atoms with E-state index in [1.165, 1.54) is 34.4 Å². The number of imidazole rings is 1. The van der Waals surface area contributed by atoms with Gasteiger partial charge in [0.1, 0.15) is 11.6 Å². The van der Waals surface area contributed by atoms with Gasteiger partial charge in [0, 0.05) is 9.68 Å². The van der Waals surface area contributed by atoms with Crippen molar-refractivity contribution in [3.05, 3.63) is 107 Å². The first-order valence-electron chi connectivity index (χ1n) is 14.7. The van der Waals surface area contributed by atoms with Crippen LogP contribution in [0.15, 0.2) is 84.9 Å². The Morgan fingerprint density at radius 1 is 0.784 bits per heavy atom. The van der Waals surface area contributed by atoms with Crippen LogP contribution in [0.4, 0.5) is 4.39 Å². The molecular weight excluding hydrogens is 455 g/mol. The van der Waals surface area contributed by atoms with Crippen molar-refractivity contribution < 1.29 is 8.50 Å². The van der Waals surface area contributed by atoms with Gasteiger partial charge in [-0.3, -0.25) is 4.57 Å². The molecule has 4 aromatic carbocycles. The van der Waals surface area contributed by atoms with Gasteiger partial charge < -0.3 is 0 Å². The minimum atomic E-state index is -2.52. The number of rotatable bonds is 7. The summed E-state index contributed by atoms with van der Waals surface area (Å²) >= 11 is 0. The molecule has 0 amide bonds. The molecule has 2 nitrogen and oxygen atoms in total. The smallest absolute Gasteiger partial charge is 0.145 e. The van der Waals surface area contributed by atoms with E-state index in [9.17, 15) is 0 Å². The third-order valence-corrected chi connectivity index (χ3v) is 7.57. The molecule has 1 heterocycles. The van der Waals surface area contributed by atoms with Gasteiger partial charge in [0.15, 0.2) is 0 Å². The Kier molecular flexibility index (Phi) is 5.97. The van der Waals surface area contributed by atoms with Gasteiger partial charge in [-0.15, -0.1) is 0 Å². The first kappa shape index (κ1) is 21.4. The topological polar surface area (TPSA) is 17.8 Å². The molecule has 0 N–H and O–H groups in total. The number of fused-ring (bicyclic) bond motifs is 1. The average molecular weight is 494 g/mol. The highest BCUT2D eigenvalue weighted by Crippen LogP contribution is 2.41. The predicted octanol–water partition coefficient (Wildman–Crippen LogP) is 9.83. The van der Waals surface area contributed by atoms with Crippen molar-refractivity contribution in [2.45, 2.75) is 59.2 Å². The molecule has 0 fully saturated rings. The van der Waals surface area contributed by atoms with E-state index in [-0.39, 0.29) is 17.4 Å². The monoisotopic (exact) mass is 493 g/mol. The summed E-state index contributed by atoms with van der Waals surface area (Å²) in [7, 11) is 0. The summed E-state index contributed by atoms with van der Waals surface area (Å²) < 4.78 is 40.5. The van der Waals surface area contributed by atoms with E-state index in [2.05, 4.69) is 68.7 Å². The number of hydrogen-bond acceptors (Lipinski definition) is 1. The van der Waals surface area contributed by atoms with E-state index >= 15 is 4.39 Å². The van der Waals surface area contributed by atoms with Crippen molar-refractivity contribution in [1.29, 1.82) is 0 Å². The minimum Gasteiger partial charge on any atom is -0.292 e. The summed E-state index contributed by atoms with van der Waals surface area (Å²) in [6.07, 6.45) is 1.91. The maximum Gasteiger partial charge on any atom is 0.145 e. The second-order valence-corrected chi connectivity index (χ2v) is 9.94. The average Bonchev–Trinajstić information content (AvgIpc) is 3.34. The van der Waals surface area contributed by atoms with Gasteiger partial charge in [-0.25, -0.2) is 9.37 Å². The van der Waals surface area contributed by atoms with Crippen molar-refractivity contribution in [3.8, 4) is 28.2 Å². The number of halogens is 1. The molecule has 37 heavy (non-hydrogen) atoms. The molecule has 2 atom stereocenters. The maximum atomic E-state index is 15.2. The molecule has 3 heteroatoms. The van der Waals surface area contributed by atoms with Gasteiger partial charge in [-0.05, 0) is 89.7 Å². The number of nitrogens with zero attached hydrogens (tertiary/aromatic N) is 2. The second kappa shape index (κ2) is 10.3. The molecule has 0 aliphatic heterocycles. The largest absolute Gasteiger partial charge is 0.292 e. The van der Waals surface area contributed by atoms with Crippen LogP contribution < -0.4 is 0 Å². The lowest BCUT2D eigenvalue weighted by atomic mass is 9.85. The van der Waals surface area contributed by atoms with Crippen LogP contribution in [0.2, 0.25) is 0 Å². The Balaban J connectivity index is 1.87. The van der Waals surface area contributed by atoms with E-state index in [1.807, 2.05) is 30.3 Å². The number of aryl methyl sites for hydroxylation is 1. The van der Waals surface area contributed by atoms with Crippen LogP contribution in [0.1, 0.15) is 73.2 Å². The van der Waals surface area contributed by atoms with Crippen LogP contribution in [0.3, 0.4) is 0 Å². The maximum absolute atomic E-state index is 15.2. The van der Waals surface area contributed by atoms with Crippen molar-refractivity contribution in [2.75, 3.05) is 0 Å². The summed E-state index contributed by atoms with van der Waals surface area (Å²) in [6.45, 7) is 6.36. The van der Waals surface area contributed by atoms with Crippen LogP contribution in [0.5, 0.6) is 0 Å². The first-order valence-corrected chi connectivity index (χ1v) is 13.2. The molecule has 188 valence electrons. The van der Waals surface area contributed by atoms with E-state index in [1.54, 1.807) is 6.07 Å². The zero-order chi connectivity index (χ0) is 28.6. The van der Waals surface area contributed by atoms with Crippen LogP contribution in [0, 0.1) is 12.7 Å². The zero-order valence-electron chi connectivity index (χ0n) is 24.9. The lowest BCUT2D eigenvalue weighted by Crippen LogP contribution is -2.11. The number of hydrogen-bond donors (Lipinski definition) is 0. The number of aromatic nitrogens is 2. The molecule has 0 spiro atoms. The Bertz CT molecular complexity index is 1620. The van der Waals surface area contributed by atoms with Crippen LogP contribution >= 0.6 is 0 Å². The molecule has 0 aliphatic carbocycles. The highest BCUT2D eigenvalue weighted by molar-refractivity contribution is 5.85. The quantitative estimate of drug-likeness (QED) is 0.221. The third-order valence-electron chi connectivity index (χ3n) is 7.57. The molecule has 0 aliphatic rings. The highest BCUT2D eigenvalue weighted by atomic mass is 19.1. The van der Waals surface area contributed by atoms with Crippen molar-refractivity contribution in [3.63, 3.8) is 0 Å². The number of benzene rings is 4. The molecule has 5 aromatic rings. The first-order chi connectivity index (χ1) is 19.1. The third kappa shape index (κ3) is 4.59. The predicted molar refractivity (Wildman–Crippen MR) is 154 cm³/mol. The Morgan fingerprint density at radius 3 is 2.05 bits per heavy atom. The highest BCUT2D eigenvalue weighted by Gasteiger charge is 2.25. The summed E-state index contributed by atoms with van der Waals surface area (Å²) in [5.41, 5.74) is 7.83. The molecule has 0 saturated heterocycles. The Morgan fingerprint density at radius 2 is 1.43 bits per heavy atom. The normalized spacial score (nSPS) is 14.7.